The Morgan fingerprint density at radius 2 is 1.64 bits per heavy atom. The minimum atomic E-state index is -0.805. The van der Waals surface area contributed by atoms with Crippen molar-refractivity contribution in [1.82, 2.24) is 5.32 Å². The van der Waals surface area contributed by atoms with Crippen molar-refractivity contribution in [3.05, 3.63) is 71.3 Å². The lowest BCUT2D eigenvalue weighted by molar-refractivity contribution is -0.154. The largest absolute Gasteiger partial charge is 0.452 e. The predicted octanol–water partition coefficient (Wildman–Crippen LogP) is 3.39. The minimum absolute atomic E-state index is 0.165. The molecule has 0 aliphatic rings. The lowest BCUT2D eigenvalue weighted by Gasteiger charge is -2.16. The molecule has 0 fully saturated rings. The molecule has 0 aromatic heterocycles. The smallest absolute Gasteiger partial charge is 0.311 e. The summed E-state index contributed by atoms with van der Waals surface area (Å²) in [6.07, 6.45) is -0.640. The second-order valence-corrected chi connectivity index (χ2v) is 6.35. The third-order valence-corrected chi connectivity index (χ3v) is 4.10. The van der Waals surface area contributed by atoms with Gasteiger partial charge < -0.3 is 10.1 Å². The van der Waals surface area contributed by atoms with Gasteiger partial charge in [-0.1, -0.05) is 67.1 Å². The molecule has 0 bridgehead atoms. The van der Waals surface area contributed by atoms with Gasteiger partial charge in [0.05, 0.1) is 6.42 Å². The highest BCUT2D eigenvalue weighted by atomic mass is 16.5. The molecule has 4 heteroatoms. The number of benzene rings is 2. The van der Waals surface area contributed by atoms with Crippen molar-refractivity contribution in [2.75, 3.05) is 6.54 Å². The van der Waals surface area contributed by atoms with E-state index in [1.54, 1.807) is 6.92 Å². The van der Waals surface area contributed by atoms with Crippen LogP contribution in [0.2, 0.25) is 0 Å². The van der Waals surface area contributed by atoms with Gasteiger partial charge in [0, 0.05) is 6.54 Å². The Morgan fingerprint density at radius 1 is 1.00 bits per heavy atom. The molecule has 1 N–H and O–H groups in total. The van der Waals surface area contributed by atoms with Gasteiger partial charge in [-0.3, -0.25) is 9.59 Å². The molecule has 0 radical (unpaired) electrons. The lowest BCUT2D eigenvalue weighted by atomic mass is 10.0. The first-order valence-corrected chi connectivity index (χ1v) is 8.53. The fourth-order valence-corrected chi connectivity index (χ4v) is 2.46. The molecule has 132 valence electrons. The van der Waals surface area contributed by atoms with Gasteiger partial charge in [0.25, 0.3) is 5.91 Å². The van der Waals surface area contributed by atoms with E-state index in [-0.39, 0.29) is 18.2 Å². The molecule has 1 amide bonds. The molecule has 0 aliphatic carbocycles. The summed E-state index contributed by atoms with van der Waals surface area (Å²) >= 11 is 0. The normalized spacial score (nSPS) is 12.9. The topological polar surface area (TPSA) is 55.4 Å². The van der Waals surface area contributed by atoms with Crippen LogP contribution >= 0.6 is 0 Å². The van der Waals surface area contributed by atoms with Crippen molar-refractivity contribution in [2.45, 2.75) is 39.2 Å². The SMILES string of the molecule is Cc1ccc(CC(=O)O[C@H](C)C(=O)NC[C@H](C)c2ccccc2)cc1. The number of aryl methyl sites for hydroxylation is 1. The zero-order valence-electron chi connectivity index (χ0n) is 15.0. The Kier molecular flexibility index (Phi) is 6.75. The Morgan fingerprint density at radius 3 is 2.28 bits per heavy atom. The van der Waals surface area contributed by atoms with E-state index >= 15 is 0 Å². The van der Waals surface area contributed by atoms with E-state index in [4.69, 9.17) is 4.74 Å². The fourth-order valence-electron chi connectivity index (χ4n) is 2.46. The molecule has 4 nitrogen and oxygen atoms in total. The molecule has 0 aliphatic heterocycles. The van der Waals surface area contributed by atoms with Crippen LogP contribution in [0.5, 0.6) is 0 Å². The summed E-state index contributed by atoms with van der Waals surface area (Å²) in [5.41, 5.74) is 3.17. The van der Waals surface area contributed by atoms with Crippen LogP contribution in [0, 0.1) is 6.92 Å². The number of amides is 1. The van der Waals surface area contributed by atoms with E-state index in [1.165, 1.54) is 0 Å². The number of esters is 1. The number of ether oxygens (including phenoxy) is 1. The van der Waals surface area contributed by atoms with E-state index in [9.17, 15) is 9.59 Å². The second kappa shape index (κ2) is 9.02. The molecular weight excluding hydrogens is 314 g/mol. The number of hydrogen-bond acceptors (Lipinski definition) is 3. The monoisotopic (exact) mass is 339 g/mol. The molecular formula is C21H25NO3. The third-order valence-electron chi connectivity index (χ3n) is 4.10. The molecule has 0 spiro atoms. The number of rotatable bonds is 7. The maximum Gasteiger partial charge on any atom is 0.311 e. The lowest BCUT2D eigenvalue weighted by Crippen LogP contribution is -2.37. The van der Waals surface area contributed by atoms with Gasteiger partial charge in [-0.25, -0.2) is 0 Å². The van der Waals surface area contributed by atoms with E-state index in [2.05, 4.69) is 5.32 Å². The van der Waals surface area contributed by atoms with Crippen molar-refractivity contribution < 1.29 is 14.3 Å². The molecule has 0 saturated heterocycles. The van der Waals surface area contributed by atoms with Crippen LogP contribution in [0.4, 0.5) is 0 Å². The Hall–Kier alpha value is -2.62. The molecule has 2 atom stereocenters. The highest BCUT2D eigenvalue weighted by molar-refractivity contribution is 5.83. The summed E-state index contributed by atoms with van der Waals surface area (Å²) in [7, 11) is 0. The summed E-state index contributed by atoms with van der Waals surface area (Å²) in [5.74, 6) is -0.483. The van der Waals surface area contributed by atoms with Gasteiger partial charge >= 0.3 is 5.97 Å². The average Bonchev–Trinajstić information content (AvgIpc) is 2.62. The van der Waals surface area contributed by atoms with Gasteiger partial charge in [0.1, 0.15) is 0 Å². The average molecular weight is 339 g/mol. The number of hydrogen-bond donors (Lipinski definition) is 1. The summed E-state index contributed by atoms with van der Waals surface area (Å²) in [6, 6.07) is 17.7. The number of carbonyl (C=O) groups is 2. The molecule has 2 rings (SSSR count). The first-order chi connectivity index (χ1) is 12.0. The van der Waals surface area contributed by atoms with Gasteiger partial charge in [0.15, 0.2) is 6.10 Å². The van der Waals surface area contributed by atoms with Crippen LogP contribution in [-0.4, -0.2) is 24.5 Å². The van der Waals surface area contributed by atoms with Gasteiger partial charge in [0.2, 0.25) is 0 Å². The van der Waals surface area contributed by atoms with Crippen LogP contribution in [0.3, 0.4) is 0 Å². The molecule has 0 unspecified atom stereocenters. The summed E-state index contributed by atoms with van der Waals surface area (Å²) in [6.45, 7) is 6.13. The Balaban J connectivity index is 1.77. The third kappa shape index (κ3) is 6.07. The van der Waals surface area contributed by atoms with Crippen molar-refractivity contribution in [2.24, 2.45) is 0 Å². The standard InChI is InChI=1S/C21H25NO3/c1-15-9-11-18(12-10-15)13-20(23)25-17(3)21(24)22-14-16(2)19-7-5-4-6-8-19/h4-12,16-17H,13-14H2,1-3H3,(H,22,24)/t16-,17+/m0/s1. The molecule has 0 saturated carbocycles. The van der Waals surface area contributed by atoms with Crippen molar-refractivity contribution in [3.8, 4) is 0 Å². The second-order valence-electron chi connectivity index (χ2n) is 6.35. The molecule has 2 aromatic rings. The Bertz CT molecular complexity index is 695. The molecule has 2 aromatic carbocycles. The number of nitrogens with one attached hydrogen (secondary N) is 1. The van der Waals surface area contributed by atoms with Gasteiger partial charge in [-0.05, 0) is 30.9 Å². The van der Waals surface area contributed by atoms with E-state index in [0.717, 1.165) is 16.7 Å². The highest BCUT2D eigenvalue weighted by Gasteiger charge is 2.18. The zero-order chi connectivity index (χ0) is 18.2. The van der Waals surface area contributed by atoms with Crippen LogP contribution in [0.1, 0.15) is 36.5 Å². The minimum Gasteiger partial charge on any atom is -0.452 e. The van der Waals surface area contributed by atoms with Crippen LogP contribution in [0.15, 0.2) is 54.6 Å². The zero-order valence-corrected chi connectivity index (χ0v) is 15.0. The van der Waals surface area contributed by atoms with E-state index in [1.807, 2.05) is 68.4 Å². The molecule has 25 heavy (non-hydrogen) atoms. The number of carbonyl (C=O) groups excluding carboxylic acids is 2. The van der Waals surface area contributed by atoms with Crippen LogP contribution in [0.25, 0.3) is 0 Å². The highest BCUT2D eigenvalue weighted by Crippen LogP contribution is 2.13. The summed E-state index contributed by atoms with van der Waals surface area (Å²) < 4.78 is 5.23. The predicted molar refractivity (Wildman–Crippen MR) is 98.3 cm³/mol. The van der Waals surface area contributed by atoms with Crippen molar-refractivity contribution >= 4 is 11.9 Å². The van der Waals surface area contributed by atoms with Gasteiger partial charge in [-0.15, -0.1) is 0 Å². The fraction of sp³-hybridized carbons (Fsp3) is 0.333. The van der Waals surface area contributed by atoms with Crippen molar-refractivity contribution in [1.29, 1.82) is 0 Å². The maximum absolute atomic E-state index is 12.1. The van der Waals surface area contributed by atoms with Crippen LogP contribution < -0.4 is 5.32 Å². The van der Waals surface area contributed by atoms with E-state index < -0.39 is 12.1 Å². The maximum atomic E-state index is 12.1. The van der Waals surface area contributed by atoms with E-state index in [0.29, 0.717) is 6.54 Å². The first-order valence-electron chi connectivity index (χ1n) is 8.53. The quantitative estimate of drug-likeness (QED) is 0.787. The summed E-state index contributed by atoms with van der Waals surface area (Å²) in [4.78, 5) is 24.1. The van der Waals surface area contributed by atoms with Crippen LogP contribution in [-0.2, 0) is 20.7 Å². The van der Waals surface area contributed by atoms with Gasteiger partial charge in [-0.2, -0.15) is 0 Å². The first kappa shape index (κ1) is 18.7. The summed E-state index contributed by atoms with van der Waals surface area (Å²) in [5, 5.41) is 2.84. The Labute approximate surface area is 149 Å². The van der Waals surface area contributed by atoms with Crippen molar-refractivity contribution in [3.63, 3.8) is 0 Å². The molecule has 0 heterocycles.